The monoisotopic (exact) mass is 476 g/mol. The van der Waals surface area contributed by atoms with Gasteiger partial charge in [-0.05, 0) is 66.3 Å². The van der Waals surface area contributed by atoms with Gasteiger partial charge >= 0.3 is 0 Å². The number of halogens is 2. The molecule has 0 saturated heterocycles. The van der Waals surface area contributed by atoms with Crippen molar-refractivity contribution in [3.8, 4) is 6.07 Å². The van der Waals surface area contributed by atoms with Gasteiger partial charge in [-0.15, -0.1) is 5.10 Å². The third-order valence-corrected chi connectivity index (χ3v) is 6.31. The van der Waals surface area contributed by atoms with Crippen molar-refractivity contribution in [3.05, 3.63) is 87.0 Å². The molecule has 0 radical (unpaired) electrons. The number of aromatic amines is 1. The van der Waals surface area contributed by atoms with Crippen LogP contribution in [0, 0.1) is 11.3 Å². The van der Waals surface area contributed by atoms with E-state index in [2.05, 4.69) is 31.6 Å². The van der Waals surface area contributed by atoms with E-state index >= 15 is 0 Å². The van der Waals surface area contributed by atoms with E-state index in [-0.39, 0.29) is 23.7 Å². The second-order valence-electron chi connectivity index (χ2n) is 8.15. The van der Waals surface area contributed by atoms with Crippen LogP contribution >= 0.6 is 23.2 Å². The molecule has 2 aromatic carbocycles. The second-order valence-corrected chi connectivity index (χ2v) is 9.02. The van der Waals surface area contributed by atoms with Gasteiger partial charge in [0.05, 0.1) is 22.2 Å². The summed E-state index contributed by atoms with van der Waals surface area (Å²) in [5.74, 6) is 0.585. The maximum absolute atomic E-state index is 12.6. The molecule has 7 nitrogen and oxygen atoms in total. The van der Waals surface area contributed by atoms with Gasteiger partial charge in [0.2, 0.25) is 5.82 Å². The van der Waals surface area contributed by atoms with Crippen LogP contribution in [0.3, 0.4) is 0 Å². The highest BCUT2D eigenvalue weighted by Crippen LogP contribution is 2.39. The predicted octanol–water partition coefficient (Wildman–Crippen LogP) is 4.80. The van der Waals surface area contributed by atoms with E-state index in [4.69, 9.17) is 23.2 Å². The standard InChI is InChI=1S/C24H18Cl2N6O/c25-17-3-2-14(11-27)20(10-17)15-8-19(9-15)29-24(33)23-30-22(31-32-23)6-13-1-4-21-16(5-13)7-18(26)12-28-21/h1-5,7,10,12,15,19H,6,8-9H2,(H,29,33)(H,30,31,32). The van der Waals surface area contributed by atoms with Crippen LogP contribution in [-0.4, -0.2) is 32.1 Å². The summed E-state index contributed by atoms with van der Waals surface area (Å²) < 4.78 is 0. The van der Waals surface area contributed by atoms with Crippen LogP contribution in [0.2, 0.25) is 10.0 Å². The number of aromatic nitrogens is 4. The Hall–Kier alpha value is -3.47. The predicted molar refractivity (Wildman–Crippen MR) is 125 cm³/mol. The van der Waals surface area contributed by atoms with Crippen LogP contribution in [-0.2, 0) is 6.42 Å². The zero-order chi connectivity index (χ0) is 22.9. The Kier molecular flexibility index (Phi) is 5.71. The summed E-state index contributed by atoms with van der Waals surface area (Å²) in [7, 11) is 0. The Morgan fingerprint density at radius 1 is 1.15 bits per heavy atom. The smallest absolute Gasteiger partial charge is 0.291 e. The fourth-order valence-electron chi connectivity index (χ4n) is 4.15. The summed E-state index contributed by atoms with van der Waals surface area (Å²) in [6.45, 7) is 0. The lowest BCUT2D eigenvalue weighted by atomic mass is 9.74. The Labute approximate surface area is 199 Å². The van der Waals surface area contributed by atoms with Gasteiger partial charge in [-0.3, -0.25) is 14.9 Å². The first-order valence-electron chi connectivity index (χ1n) is 10.4. The fraction of sp³-hybridized carbons (Fsp3) is 0.208. The lowest BCUT2D eigenvalue weighted by Crippen LogP contribution is -2.43. The molecule has 2 N–H and O–H groups in total. The van der Waals surface area contributed by atoms with E-state index in [1.54, 1.807) is 18.3 Å². The second kappa shape index (κ2) is 8.81. The number of pyridine rings is 1. The minimum absolute atomic E-state index is 0.00714. The van der Waals surface area contributed by atoms with Crippen molar-refractivity contribution in [2.75, 3.05) is 0 Å². The van der Waals surface area contributed by atoms with Crippen LogP contribution in [0.15, 0.2) is 48.7 Å². The van der Waals surface area contributed by atoms with Crippen molar-refractivity contribution in [2.24, 2.45) is 0 Å². The van der Waals surface area contributed by atoms with E-state index in [0.717, 1.165) is 34.9 Å². The van der Waals surface area contributed by atoms with Gasteiger partial charge in [0.25, 0.3) is 5.91 Å². The van der Waals surface area contributed by atoms with Crippen LogP contribution in [0.5, 0.6) is 0 Å². The Morgan fingerprint density at radius 3 is 2.82 bits per heavy atom. The average molecular weight is 477 g/mol. The molecule has 0 unspecified atom stereocenters. The van der Waals surface area contributed by atoms with Crippen molar-refractivity contribution in [1.82, 2.24) is 25.5 Å². The van der Waals surface area contributed by atoms with Crippen LogP contribution in [0.25, 0.3) is 10.9 Å². The molecule has 0 bridgehead atoms. The third kappa shape index (κ3) is 4.54. The number of carbonyl (C=O) groups excluding carboxylic acids is 1. The molecule has 1 aliphatic rings. The quantitative estimate of drug-likeness (QED) is 0.430. The number of nitriles is 1. The third-order valence-electron chi connectivity index (χ3n) is 5.87. The molecule has 1 fully saturated rings. The maximum Gasteiger partial charge on any atom is 0.291 e. The molecule has 164 valence electrons. The van der Waals surface area contributed by atoms with Crippen molar-refractivity contribution in [3.63, 3.8) is 0 Å². The number of rotatable bonds is 5. The lowest BCUT2D eigenvalue weighted by molar-refractivity contribution is 0.0898. The number of fused-ring (bicyclic) bond motifs is 1. The maximum atomic E-state index is 12.6. The number of nitrogens with zero attached hydrogens (tertiary/aromatic N) is 4. The number of benzene rings is 2. The summed E-state index contributed by atoms with van der Waals surface area (Å²) in [4.78, 5) is 21.2. The van der Waals surface area contributed by atoms with Crippen molar-refractivity contribution in [1.29, 1.82) is 5.26 Å². The topological polar surface area (TPSA) is 107 Å². The van der Waals surface area contributed by atoms with Crippen molar-refractivity contribution < 1.29 is 4.79 Å². The molecular weight excluding hydrogens is 459 g/mol. The van der Waals surface area contributed by atoms with Gasteiger partial charge in [-0.1, -0.05) is 29.3 Å². The Morgan fingerprint density at radius 2 is 2.00 bits per heavy atom. The molecule has 1 amide bonds. The molecule has 1 saturated carbocycles. The van der Waals surface area contributed by atoms with Gasteiger partial charge in [0.15, 0.2) is 0 Å². The highest BCUT2D eigenvalue weighted by Gasteiger charge is 2.33. The molecule has 9 heteroatoms. The molecule has 0 aliphatic heterocycles. The molecule has 0 atom stereocenters. The van der Waals surface area contributed by atoms with Crippen LogP contribution < -0.4 is 5.32 Å². The van der Waals surface area contributed by atoms with Crippen LogP contribution in [0.4, 0.5) is 0 Å². The molecular formula is C24H18Cl2N6O. The molecule has 5 rings (SSSR count). The first-order valence-corrected chi connectivity index (χ1v) is 11.2. The summed E-state index contributed by atoms with van der Waals surface area (Å²) in [5, 5.41) is 21.3. The minimum Gasteiger partial charge on any atom is -0.346 e. The highest BCUT2D eigenvalue weighted by atomic mass is 35.5. The molecule has 2 heterocycles. The summed E-state index contributed by atoms with van der Waals surface area (Å²) in [6.07, 6.45) is 3.60. The Balaban J connectivity index is 1.20. The average Bonchev–Trinajstić information content (AvgIpc) is 3.24. The van der Waals surface area contributed by atoms with Gasteiger partial charge in [0, 0.05) is 29.1 Å². The van der Waals surface area contributed by atoms with E-state index in [1.165, 1.54) is 0 Å². The lowest BCUT2D eigenvalue weighted by Gasteiger charge is -2.36. The Bertz CT molecular complexity index is 1400. The number of nitrogens with one attached hydrogen (secondary N) is 2. The minimum atomic E-state index is -0.318. The van der Waals surface area contributed by atoms with Gasteiger partial charge in [0.1, 0.15) is 5.82 Å². The summed E-state index contributed by atoms with van der Waals surface area (Å²) in [5.41, 5.74) is 3.42. The van der Waals surface area contributed by atoms with E-state index in [9.17, 15) is 10.1 Å². The summed E-state index contributed by atoms with van der Waals surface area (Å²) in [6, 6.07) is 15.2. The van der Waals surface area contributed by atoms with E-state index in [0.29, 0.717) is 27.9 Å². The fourth-order valence-corrected chi connectivity index (χ4v) is 4.49. The number of H-pyrrole nitrogens is 1. The highest BCUT2D eigenvalue weighted by molar-refractivity contribution is 6.31. The largest absolute Gasteiger partial charge is 0.346 e. The zero-order valence-corrected chi connectivity index (χ0v) is 18.9. The normalized spacial score (nSPS) is 17.4. The number of carbonyl (C=O) groups is 1. The number of hydrogen-bond acceptors (Lipinski definition) is 5. The van der Waals surface area contributed by atoms with Crippen LogP contribution in [0.1, 0.15) is 51.9 Å². The van der Waals surface area contributed by atoms with E-state index in [1.807, 2.05) is 30.3 Å². The van der Waals surface area contributed by atoms with E-state index < -0.39 is 0 Å². The van der Waals surface area contributed by atoms with Crippen molar-refractivity contribution in [2.45, 2.75) is 31.2 Å². The van der Waals surface area contributed by atoms with Crippen molar-refractivity contribution >= 4 is 40.0 Å². The van der Waals surface area contributed by atoms with Gasteiger partial charge in [-0.25, -0.2) is 4.98 Å². The summed E-state index contributed by atoms with van der Waals surface area (Å²) >= 11 is 12.1. The molecule has 2 aromatic heterocycles. The molecule has 0 spiro atoms. The SMILES string of the molecule is N#Cc1ccc(Cl)cc1C1CC(NC(=O)c2n[nH]c(Cc3ccc4ncc(Cl)cc4c3)n2)C1. The molecule has 4 aromatic rings. The number of amides is 1. The zero-order valence-electron chi connectivity index (χ0n) is 17.3. The molecule has 1 aliphatic carbocycles. The molecule has 33 heavy (non-hydrogen) atoms. The first-order chi connectivity index (χ1) is 16.0. The van der Waals surface area contributed by atoms with Gasteiger partial charge < -0.3 is 5.32 Å². The van der Waals surface area contributed by atoms with Gasteiger partial charge in [-0.2, -0.15) is 5.26 Å². The first kappa shape index (κ1) is 21.4. The number of hydrogen-bond donors (Lipinski definition) is 2.